The predicted octanol–water partition coefficient (Wildman–Crippen LogP) is 3.33. The SMILES string of the molecule is O=C(Nc1nnc([C@@H]2CC(=O)N(c3ccc(OC(F)(F)F)cc3)C2)o1)c1ccco1. The van der Waals surface area contributed by atoms with Gasteiger partial charge in [-0.15, -0.1) is 18.3 Å². The van der Waals surface area contributed by atoms with E-state index in [1.807, 2.05) is 0 Å². The molecule has 30 heavy (non-hydrogen) atoms. The third-order valence-electron chi connectivity index (χ3n) is 4.26. The van der Waals surface area contributed by atoms with Gasteiger partial charge in [0.1, 0.15) is 5.75 Å². The van der Waals surface area contributed by atoms with E-state index in [1.54, 1.807) is 6.07 Å². The zero-order valence-electron chi connectivity index (χ0n) is 15.0. The number of furan rings is 1. The van der Waals surface area contributed by atoms with E-state index in [4.69, 9.17) is 8.83 Å². The molecule has 1 fully saturated rings. The summed E-state index contributed by atoms with van der Waals surface area (Å²) in [6, 6.07) is 7.82. The third kappa shape index (κ3) is 4.26. The number of amides is 2. The summed E-state index contributed by atoms with van der Waals surface area (Å²) in [7, 11) is 0. The van der Waals surface area contributed by atoms with Crippen molar-refractivity contribution < 1.29 is 36.3 Å². The fraction of sp³-hybridized carbons (Fsp3) is 0.222. The van der Waals surface area contributed by atoms with Crippen molar-refractivity contribution in [2.45, 2.75) is 18.7 Å². The van der Waals surface area contributed by atoms with E-state index >= 15 is 0 Å². The van der Waals surface area contributed by atoms with Gasteiger partial charge in [-0.2, -0.15) is 0 Å². The van der Waals surface area contributed by atoms with Crippen molar-refractivity contribution in [1.82, 2.24) is 10.2 Å². The van der Waals surface area contributed by atoms with Crippen LogP contribution in [0.3, 0.4) is 0 Å². The molecule has 2 amide bonds. The van der Waals surface area contributed by atoms with Gasteiger partial charge in [0.2, 0.25) is 11.8 Å². The van der Waals surface area contributed by atoms with Crippen LogP contribution in [0.4, 0.5) is 24.9 Å². The van der Waals surface area contributed by atoms with Gasteiger partial charge >= 0.3 is 12.4 Å². The highest BCUT2D eigenvalue weighted by molar-refractivity contribution is 6.00. The minimum absolute atomic E-state index is 0.0641. The van der Waals surface area contributed by atoms with Crippen LogP contribution in [0.2, 0.25) is 0 Å². The maximum absolute atomic E-state index is 12.4. The highest BCUT2D eigenvalue weighted by atomic mass is 19.4. The molecule has 0 aliphatic carbocycles. The lowest BCUT2D eigenvalue weighted by molar-refractivity contribution is -0.274. The Bertz CT molecular complexity index is 1050. The Morgan fingerprint density at radius 3 is 2.63 bits per heavy atom. The van der Waals surface area contributed by atoms with Gasteiger partial charge in [-0.3, -0.25) is 14.9 Å². The van der Waals surface area contributed by atoms with Crippen LogP contribution in [-0.4, -0.2) is 34.9 Å². The number of rotatable bonds is 5. The van der Waals surface area contributed by atoms with Gasteiger partial charge in [0.05, 0.1) is 12.2 Å². The van der Waals surface area contributed by atoms with Crippen molar-refractivity contribution in [3.05, 3.63) is 54.3 Å². The highest BCUT2D eigenvalue weighted by Crippen LogP contribution is 2.33. The number of carbonyl (C=O) groups is 2. The van der Waals surface area contributed by atoms with Gasteiger partial charge in [0, 0.05) is 18.7 Å². The number of alkyl halides is 3. The van der Waals surface area contributed by atoms with E-state index in [0.29, 0.717) is 5.69 Å². The van der Waals surface area contributed by atoms with Crippen LogP contribution in [0.15, 0.2) is 51.5 Å². The number of ether oxygens (including phenoxy) is 1. The second-order valence-corrected chi connectivity index (χ2v) is 6.32. The Kier molecular flexibility index (Phi) is 4.90. The van der Waals surface area contributed by atoms with Crippen molar-refractivity contribution in [2.24, 2.45) is 0 Å². The number of aromatic nitrogens is 2. The van der Waals surface area contributed by atoms with E-state index in [2.05, 4.69) is 20.3 Å². The van der Waals surface area contributed by atoms with Gasteiger partial charge in [-0.05, 0) is 36.4 Å². The van der Waals surface area contributed by atoms with Crippen LogP contribution in [0, 0.1) is 0 Å². The third-order valence-corrected chi connectivity index (χ3v) is 4.26. The summed E-state index contributed by atoms with van der Waals surface area (Å²) in [6.07, 6.45) is -3.39. The Morgan fingerprint density at radius 2 is 1.97 bits per heavy atom. The molecular weight excluding hydrogens is 409 g/mol. The van der Waals surface area contributed by atoms with Gasteiger partial charge in [-0.1, -0.05) is 5.10 Å². The molecule has 0 radical (unpaired) electrons. The molecule has 3 heterocycles. The molecule has 1 atom stereocenters. The summed E-state index contributed by atoms with van der Waals surface area (Å²) in [6.45, 7) is 0.187. The number of carbonyl (C=O) groups excluding carboxylic acids is 2. The first-order chi connectivity index (χ1) is 14.3. The second kappa shape index (κ2) is 7.54. The first-order valence-electron chi connectivity index (χ1n) is 8.63. The minimum Gasteiger partial charge on any atom is -0.459 e. The summed E-state index contributed by atoms with van der Waals surface area (Å²) < 4.78 is 51.0. The lowest BCUT2D eigenvalue weighted by Gasteiger charge is -2.17. The molecule has 2 aromatic heterocycles. The van der Waals surface area contributed by atoms with Gasteiger partial charge in [0.15, 0.2) is 5.76 Å². The Labute approximate surface area is 166 Å². The Hall–Kier alpha value is -3.83. The fourth-order valence-corrected chi connectivity index (χ4v) is 2.97. The molecule has 1 aliphatic heterocycles. The molecule has 156 valence electrons. The lowest BCUT2D eigenvalue weighted by Crippen LogP contribution is -2.24. The molecule has 0 bridgehead atoms. The lowest BCUT2D eigenvalue weighted by atomic mass is 10.1. The molecule has 1 aromatic carbocycles. The van der Waals surface area contributed by atoms with E-state index in [9.17, 15) is 22.8 Å². The molecule has 1 aliphatic rings. The highest BCUT2D eigenvalue weighted by Gasteiger charge is 2.35. The zero-order valence-corrected chi connectivity index (χ0v) is 15.0. The molecule has 0 spiro atoms. The number of hydrogen-bond acceptors (Lipinski definition) is 7. The topological polar surface area (TPSA) is 111 Å². The summed E-state index contributed by atoms with van der Waals surface area (Å²) in [5.74, 6) is -1.44. The number of nitrogens with zero attached hydrogens (tertiary/aromatic N) is 3. The minimum atomic E-state index is -4.79. The first-order valence-corrected chi connectivity index (χ1v) is 8.63. The maximum atomic E-state index is 12.4. The molecule has 1 saturated heterocycles. The Balaban J connectivity index is 1.41. The van der Waals surface area contributed by atoms with E-state index in [0.717, 1.165) is 12.1 Å². The number of nitrogens with one attached hydrogen (secondary N) is 1. The van der Waals surface area contributed by atoms with Gasteiger partial charge < -0.3 is 18.5 Å². The van der Waals surface area contributed by atoms with Crippen LogP contribution in [0.5, 0.6) is 5.75 Å². The summed E-state index contributed by atoms with van der Waals surface area (Å²) in [5, 5.41) is 9.99. The normalized spacial score (nSPS) is 16.7. The standard InChI is InChI=1S/C18H13F3N4O5/c19-18(20,21)30-12-5-3-11(4-6-12)25-9-10(8-14(25)26)16-23-24-17(29-16)22-15(27)13-2-1-7-28-13/h1-7,10H,8-9H2,(H,22,24,27)/t10-/m1/s1. The predicted molar refractivity (Wildman–Crippen MR) is 93.8 cm³/mol. The molecule has 0 unspecified atom stereocenters. The maximum Gasteiger partial charge on any atom is 0.573 e. The van der Waals surface area contributed by atoms with Crippen LogP contribution in [-0.2, 0) is 4.79 Å². The summed E-state index contributed by atoms with van der Waals surface area (Å²) in [4.78, 5) is 25.7. The van der Waals surface area contributed by atoms with Crippen LogP contribution < -0.4 is 15.0 Å². The largest absolute Gasteiger partial charge is 0.573 e. The zero-order chi connectivity index (χ0) is 21.3. The van der Waals surface area contributed by atoms with Gasteiger partial charge in [0.25, 0.3) is 5.91 Å². The molecule has 4 rings (SSSR count). The first kappa shape index (κ1) is 19.5. The van der Waals surface area contributed by atoms with E-state index in [1.165, 1.54) is 29.4 Å². The number of halogens is 3. The monoisotopic (exact) mass is 422 g/mol. The number of benzene rings is 1. The van der Waals surface area contributed by atoms with Crippen molar-refractivity contribution >= 4 is 23.5 Å². The Morgan fingerprint density at radius 1 is 1.20 bits per heavy atom. The van der Waals surface area contributed by atoms with E-state index in [-0.39, 0.29) is 42.3 Å². The quantitative estimate of drug-likeness (QED) is 0.671. The summed E-state index contributed by atoms with van der Waals surface area (Å²) >= 11 is 0. The van der Waals surface area contributed by atoms with Gasteiger partial charge in [-0.25, -0.2) is 0 Å². The molecule has 1 N–H and O–H groups in total. The molecular formula is C18H13F3N4O5. The second-order valence-electron chi connectivity index (χ2n) is 6.32. The average molecular weight is 422 g/mol. The van der Waals surface area contributed by atoms with Crippen LogP contribution in [0.1, 0.15) is 28.8 Å². The van der Waals surface area contributed by atoms with Crippen molar-refractivity contribution in [2.75, 3.05) is 16.8 Å². The fourth-order valence-electron chi connectivity index (χ4n) is 2.97. The molecule has 12 heteroatoms. The van der Waals surface area contributed by atoms with Crippen molar-refractivity contribution in [3.63, 3.8) is 0 Å². The van der Waals surface area contributed by atoms with Crippen LogP contribution in [0.25, 0.3) is 0 Å². The summed E-state index contributed by atoms with van der Waals surface area (Å²) in [5.41, 5.74) is 0.405. The molecule has 3 aromatic rings. The molecule has 0 saturated carbocycles. The van der Waals surface area contributed by atoms with E-state index < -0.39 is 18.2 Å². The molecule has 9 nitrogen and oxygen atoms in total. The van der Waals surface area contributed by atoms with Crippen molar-refractivity contribution in [1.29, 1.82) is 0 Å². The average Bonchev–Trinajstić information content (AvgIpc) is 3.41. The van der Waals surface area contributed by atoms with Crippen molar-refractivity contribution in [3.8, 4) is 5.75 Å². The number of hydrogen-bond donors (Lipinski definition) is 1. The van der Waals surface area contributed by atoms with Crippen LogP contribution >= 0.6 is 0 Å². The number of anilines is 2. The smallest absolute Gasteiger partial charge is 0.459 e.